The second-order valence-corrected chi connectivity index (χ2v) is 3.58. The Bertz CT molecular complexity index is 320. The van der Waals surface area contributed by atoms with Crippen molar-refractivity contribution in [1.82, 2.24) is 0 Å². The van der Waals surface area contributed by atoms with E-state index in [-0.39, 0.29) is 5.97 Å². The molecule has 1 rings (SSSR count). The molecule has 0 saturated heterocycles. The highest BCUT2D eigenvalue weighted by Gasteiger charge is 2.11. The molecule has 0 aliphatic rings. The zero-order valence-electron chi connectivity index (χ0n) is 8.08. The summed E-state index contributed by atoms with van der Waals surface area (Å²) in [4.78, 5) is 11.3. The maximum Gasteiger partial charge on any atom is 0.340 e. The molecule has 0 bridgehead atoms. The fraction of sp³-hybridized carbons (Fsp3) is 0.300. The topological polar surface area (TPSA) is 38.3 Å². The molecular formula is C10H13NO2S. The van der Waals surface area contributed by atoms with E-state index in [1.54, 1.807) is 6.07 Å². The lowest BCUT2D eigenvalue weighted by molar-refractivity contribution is 0.0602. The molecule has 4 heteroatoms. The minimum absolute atomic E-state index is 0.299. The van der Waals surface area contributed by atoms with Crippen molar-refractivity contribution in [3.8, 4) is 0 Å². The van der Waals surface area contributed by atoms with Gasteiger partial charge in [0.05, 0.1) is 12.7 Å². The standard InChI is InChI=1S/C10H13NO2S/c1-3-4-6-11-9-8(5-7-14-9)10(12)13-2/h3,5,7,11H,1,4,6H2,2H3. The van der Waals surface area contributed by atoms with Gasteiger partial charge in [-0.25, -0.2) is 4.79 Å². The fourth-order valence-corrected chi connectivity index (χ4v) is 1.81. The first kappa shape index (κ1) is 10.8. The third kappa shape index (κ3) is 2.60. The van der Waals surface area contributed by atoms with E-state index in [0.717, 1.165) is 18.0 Å². The first-order valence-electron chi connectivity index (χ1n) is 4.30. The Morgan fingerprint density at radius 3 is 3.21 bits per heavy atom. The van der Waals surface area contributed by atoms with Crippen molar-refractivity contribution in [2.75, 3.05) is 19.0 Å². The van der Waals surface area contributed by atoms with Crippen LogP contribution >= 0.6 is 11.3 Å². The van der Waals surface area contributed by atoms with Crippen molar-refractivity contribution in [3.63, 3.8) is 0 Å². The van der Waals surface area contributed by atoms with Gasteiger partial charge in [-0.2, -0.15) is 0 Å². The maximum atomic E-state index is 11.3. The Morgan fingerprint density at radius 1 is 1.79 bits per heavy atom. The predicted molar refractivity (Wildman–Crippen MR) is 59.0 cm³/mol. The molecule has 0 saturated carbocycles. The van der Waals surface area contributed by atoms with E-state index in [1.807, 2.05) is 11.5 Å². The monoisotopic (exact) mass is 211 g/mol. The first-order chi connectivity index (χ1) is 6.79. The van der Waals surface area contributed by atoms with Gasteiger partial charge in [0.1, 0.15) is 5.00 Å². The van der Waals surface area contributed by atoms with Crippen LogP contribution in [-0.2, 0) is 4.74 Å². The average Bonchev–Trinajstić information content (AvgIpc) is 2.65. The van der Waals surface area contributed by atoms with Crippen LogP contribution in [0.4, 0.5) is 5.00 Å². The molecule has 0 radical (unpaired) electrons. The second kappa shape index (κ2) is 5.44. The molecule has 0 aliphatic carbocycles. The van der Waals surface area contributed by atoms with E-state index in [1.165, 1.54) is 18.4 Å². The normalized spacial score (nSPS) is 9.50. The van der Waals surface area contributed by atoms with Crippen molar-refractivity contribution in [2.24, 2.45) is 0 Å². The molecule has 0 fully saturated rings. The largest absolute Gasteiger partial charge is 0.465 e. The predicted octanol–water partition coefficient (Wildman–Crippen LogP) is 2.52. The summed E-state index contributed by atoms with van der Waals surface area (Å²) < 4.78 is 4.65. The van der Waals surface area contributed by atoms with Crippen LogP contribution in [-0.4, -0.2) is 19.6 Å². The fourth-order valence-electron chi connectivity index (χ4n) is 1.00. The second-order valence-electron chi connectivity index (χ2n) is 2.66. The Morgan fingerprint density at radius 2 is 2.57 bits per heavy atom. The van der Waals surface area contributed by atoms with Crippen LogP contribution in [0.15, 0.2) is 24.1 Å². The number of rotatable bonds is 5. The van der Waals surface area contributed by atoms with Crippen LogP contribution in [0, 0.1) is 0 Å². The Kier molecular flexibility index (Phi) is 4.19. The van der Waals surface area contributed by atoms with Crippen molar-refractivity contribution in [2.45, 2.75) is 6.42 Å². The van der Waals surface area contributed by atoms with Crippen molar-refractivity contribution in [1.29, 1.82) is 0 Å². The lowest BCUT2D eigenvalue weighted by Gasteiger charge is -2.03. The quantitative estimate of drug-likeness (QED) is 0.462. The van der Waals surface area contributed by atoms with Gasteiger partial charge in [-0.3, -0.25) is 0 Å². The van der Waals surface area contributed by atoms with Crippen LogP contribution in [0.25, 0.3) is 0 Å². The highest BCUT2D eigenvalue weighted by molar-refractivity contribution is 7.14. The van der Waals surface area contributed by atoms with Gasteiger partial charge in [0, 0.05) is 6.54 Å². The van der Waals surface area contributed by atoms with E-state index in [2.05, 4.69) is 16.6 Å². The number of carbonyl (C=O) groups is 1. The van der Waals surface area contributed by atoms with Gasteiger partial charge < -0.3 is 10.1 Å². The zero-order valence-corrected chi connectivity index (χ0v) is 8.89. The van der Waals surface area contributed by atoms with Gasteiger partial charge in [0.15, 0.2) is 0 Å². The van der Waals surface area contributed by atoms with Gasteiger partial charge in [0.2, 0.25) is 0 Å². The van der Waals surface area contributed by atoms with Crippen molar-refractivity contribution >= 4 is 22.3 Å². The molecule has 0 aromatic carbocycles. The molecule has 0 spiro atoms. The molecule has 14 heavy (non-hydrogen) atoms. The third-order valence-electron chi connectivity index (χ3n) is 1.70. The number of carbonyl (C=O) groups excluding carboxylic acids is 1. The van der Waals surface area contributed by atoms with E-state index in [0.29, 0.717) is 5.56 Å². The highest BCUT2D eigenvalue weighted by atomic mass is 32.1. The van der Waals surface area contributed by atoms with Gasteiger partial charge in [-0.15, -0.1) is 17.9 Å². The Balaban J connectivity index is 2.62. The van der Waals surface area contributed by atoms with Gasteiger partial charge in [-0.1, -0.05) is 6.08 Å². The van der Waals surface area contributed by atoms with E-state index < -0.39 is 0 Å². The lowest BCUT2D eigenvalue weighted by atomic mass is 10.3. The van der Waals surface area contributed by atoms with E-state index in [9.17, 15) is 4.79 Å². The number of nitrogens with one attached hydrogen (secondary N) is 1. The van der Waals surface area contributed by atoms with Gasteiger partial charge in [-0.05, 0) is 17.9 Å². The Hall–Kier alpha value is -1.29. The number of hydrogen-bond acceptors (Lipinski definition) is 4. The third-order valence-corrected chi connectivity index (χ3v) is 2.58. The van der Waals surface area contributed by atoms with E-state index in [4.69, 9.17) is 0 Å². The summed E-state index contributed by atoms with van der Waals surface area (Å²) in [6.45, 7) is 4.41. The highest BCUT2D eigenvalue weighted by Crippen LogP contribution is 2.23. The SMILES string of the molecule is C=CCCNc1sccc1C(=O)OC. The summed E-state index contributed by atoms with van der Waals surface area (Å²) in [5.41, 5.74) is 0.599. The maximum absolute atomic E-state index is 11.3. The molecule has 0 aliphatic heterocycles. The number of ether oxygens (including phenoxy) is 1. The van der Waals surface area contributed by atoms with Crippen LogP contribution < -0.4 is 5.32 Å². The number of methoxy groups -OCH3 is 1. The molecule has 3 nitrogen and oxygen atoms in total. The summed E-state index contributed by atoms with van der Waals surface area (Å²) >= 11 is 1.50. The first-order valence-corrected chi connectivity index (χ1v) is 5.18. The molecule has 1 heterocycles. The van der Waals surface area contributed by atoms with Crippen molar-refractivity contribution < 1.29 is 9.53 Å². The molecule has 1 aromatic heterocycles. The molecule has 0 atom stereocenters. The zero-order chi connectivity index (χ0) is 10.4. The summed E-state index contributed by atoms with van der Waals surface area (Å²) in [6.07, 6.45) is 2.71. The summed E-state index contributed by atoms with van der Waals surface area (Å²) in [5.74, 6) is -0.299. The number of thiophene rings is 1. The smallest absolute Gasteiger partial charge is 0.340 e. The summed E-state index contributed by atoms with van der Waals surface area (Å²) in [5, 5.41) is 5.88. The summed E-state index contributed by atoms with van der Waals surface area (Å²) in [7, 11) is 1.38. The Labute approximate surface area is 87.4 Å². The average molecular weight is 211 g/mol. The number of anilines is 1. The molecule has 0 unspecified atom stereocenters. The van der Waals surface area contributed by atoms with Gasteiger partial charge in [0.25, 0.3) is 0 Å². The molecule has 76 valence electrons. The van der Waals surface area contributed by atoms with E-state index >= 15 is 0 Å². The minimum atomic E-state index is -0.299. The van der Waals surface area contributed by atoms with Gasteiger partial charge >= 0.3 is 5.97 Å². The van der Waals surface area contributed by atoms with Crippen LogP contribution in [0.2, 0.25) is 0 Å². The molecule has 1 N–H and O–H groups in total. The molecular weight excluding hydrogens is 198 g/mol. The van der Waals surface area contributed by atoms with Crippen LogP contribution in [0.1, 0.15) is 16.8 Å². The summed E-state index contributed by atoms with van der Waals surface area (Å²) in [6, 6.07) is 1.76. The van der Waals surface area contributed by atoms with Crippen LogP contribution in [0.3, 0.4) is 0 Å². The minimum Gasteiger partial charge on any atom is -0.465 e. The number of hydrogen-bond donors (Lipinski definition) is 1. The number of esters is 1. The van der Waals surface area contributed by atoms with Crippen LogP contribution in [0.5, 0.6) is 0 Å². The molecule has 0 amide bonds. The van der Waals surface area contributed by atoms with Crippen molar-refractivity contribution in [3.05, 3.63) is 29.7 Å². The molecule has 1 aromatic rings. The lowest BCUT2D eigenvalue weighted by Crippen LogP contribution is -2.05.